The van der Waals surface area contributed by atoms with Crippen LogP contribution in [0.25, 0.3) is 0 Å². The molecule has 2 aliphatic rings. The SMILES string of the molecule is Cl.O=C(C1CCCN(Cc2cccc(Br)c2)C1)N1CCNCC1. The number of hydrogen-bond donors (Lipinski definition) is 1. The summed E-state index contributed by atoms with van der Waals surface area (Å²) in [4.78, 5) is 17.1. The Kier molecular flexibility index (Phi) is 7.34. The number of carbonyl (C=O) groups is 1. The van der Waals surface area contributed by atoms with Crippen LogP contribution in [0.15, 0.2) is 28.7 Å². The summed E-state index contributed by atoms with van der Waals surface area (Å²) in [6.07, 6.45) is 2.16. The van der Waals surface area contributed by atoms with Crippen molar-refractivity contribution in [2.45, 2.75) is 19.4 Å². The molecule has 0 spiro atoms. The molecular formula is C17H25BrClN3O. The summed E-state index contributed by atoms with van der Waals surface area (Å²) < 4.78 is 1.12. The van der Waals surface area contributed by atoms with Gasteiger partial charge in [0.25, 0.3) is 0 Å². The first kappa shape index (κ1) is 18.7. The van der Waals surface area contributed by atoms with Crippen molar-refractivity contribution < 1.29 is 4.79 Å². The van der Waals surface area contributed by atoms with Crippen LogP contribution < -0.4 is 5.32 Å². The highest BCUT2D eigenvalue weighted by Gasteiger charge is 2.29. The molecule has 0 radical (unpaired) electrons. The Morgan fingerprint density at radius 2 is 2.04 bits per heavy atom. The molecule has 1 aromatic rings. The molecule has 0 aromatic heterocycles. The molecule has 2 aliphatic heterocycles. The molecule has 4 nitrogen and oxygen atoms in total. The average Bonchev–Trinajstić information content (AvgIpc) is 2.55. The first-order chi connectivity index (χ1) is 10.7. The van der Waals surface area contributed by atoms with Gasteiger partial charge in [-0.1, -0.05) is 28.1 Å². The zero-order valence-electron chi connectivity index (χ0n) is 13.3. The highest BCUT2D eigenvalue weighted by atomic mass is 79.9. The number of nitrogens with one attached hydrogen (secondary N) is 1. The molecule has 2 saturated heterocycles. The molecule has 2 fully saturated rings. The van der Waals surface area contributed by atoms with Crippen LogP contribution >= 0.6 is 28.3 Å². The highest BCUT2D eigenvalue weighted by Crippen LogP contribution is 2.22. The van der Waals surface area contributed by atoms with Crippen LogP contribution in [0.1, 0.15) is 18.4 Å². The van der Waals surface area contributed by atoms with Crippen LogP contribution in [0.3, 0.4) is 0 Å². The van der Waals surface area contributed by atoms with E-state index in [9.17, 15) is 4.79 Å². The van der Waals surface area contributed by atoms with Crippen molar-refractivity contribution in [3.8, 4) is 0 Å². The summed E-state index contributed by atoms with van der Waals surface area (Å²) >= 11 is 3.53. The molecule has 0 saturated carbocycles. The van der Waals surface area contributed by atoms with Crippen LogP contribution in [-0.2, 0) is 11.3 Å². The first-order valence-corrected chi connectivity index (χ1v) is 8.98. The second-order valence-corrected chi connectivity index (χ2v) is 7.20. The topological polar surface area (TPSA) is 35.6 Å². The molecule has 1 aromatic carbocycles. The summed E-state index contributed by atoms with van der Waals surface area (Å²) in [5.74, 6) is 0.541. The fourth-order valence-corrected chi connectivity index (χ4v) is 3.88. The van der Waals surface area contributed by atoms with Crippen molar-refractivity contribution >= 4 is 34.2 Å². The predicted molar refractivity (Wildman–Crippen MR) is 98.8 cm³/mol. The largest absolute Gasteiger partial charge is 0.340 e. The Morgan fingerprint density at radius 1 is 1.26 bits per heavy atom. The fraction of sp³-hybridized carbons (Fsp3) is 0.588. The van der Waals surface area contributed by atoms with Crippen molar-refractivity contribution in [1.29, 1.82) is 0 Å². The minimum Gasteiger partial charge on any atom is -0.340 e. The third-order valence-corrected chi connectivity index (χ3v) is 5.07. The van der Waals surface area contributed by atoms with E-state index in [1.165, 1.54) is 5.56 Å². The second kappa shape index (κ2) is 9.02. The van der Waals surface area contributed by atoms with Gasteiger partial charge in [0.15, 0.2) is 0 Å². The van der Waals surface area contributed by atoms with Crippen LogP contribution in [0.2, 0.25) is 0 Å². The smallest absolute Gasteiger partial charge is 0.227 e. The number of hydrogen-bond acceptors (Lipinski definition) is 3. The van der Waals surface area contributed by atoms with Crippen LogP contribution in [0.4, 0.5) is 0 Å². The van der Waals surface area contributed by atoms with Crippen LogP contribution in [0.5, 0.6) is 0 Å². The first-order valence-electron chi connectivity index (χ1n) is 8.19. The molecule has 6 heteroatoms. The van der Waals surface area contributed by atoms with Gasteiger partial charge in [0.05, 0.1) is 5.92 Å². The number of amides is 1. The lowest BCUT2D eigenvalue weighted by Crippen LogP contribution is -2.51. The van der Waals surface area contributed by atoms with Crippen molar-refractivity contribution in [3.63, 3.8) is 0 Å². The minimum absolute atomic E-state index is 0. The maximum Gasteiger partial charge on any atom is 0.227 e. The number of likely N-dealkylation sites (tertiary alicyclic amines) is 1. The predicted octanol–water partition coefficient (Wildman–Crippen LogP) is 2.51. The quantitative estimate of drug-likeness (QED) is 0.844. The van der Waals surface area contributed by atoms with E-state index in [-0.39, 0.29) is 18.3 Å². The van der Waals surface area contributed by atoms with Gasteiger partial charge in [0, 0.05) is 43.7 Å². The molecule has 0 aliphatic carbocycles. The lowest BCUT2D eigenvalue weighted by atomic mass is 9.95. The molecule has 1 atom stereocenters. The van der Waals surface area contributed by atoms with Crippen molar-refractivity contribution in [2.75, 3.05) is 39.3 Å². The zero-order chi connectivity index (χ0) is 15.4. The number of rotatable bonds is 3. The van der Waals surface area contributed by atoms with E-state index in [1.807, 2.05) is 4.90 Å². The van der Waals surface area contributed by atoms with E-state index in [1.54, 1.807) is 0 Å². The lowest BCUT2D eigenvalue weighted by Gasteiger charge is -2.36. The minimum atomic E-state index is 0. The molecular weight excluding hydrogens is 378 g/mol. The van der Waals surface area contributed by atoms with Gasteiger partial charge in [-0.3, -0.25) is 9.69 Å². The average molecular weight is 403 g/mol. The molecule has 23 heavy (non-hydrogen) atoms. The number of halogens is 2. The van der Waals surface area contributed by atoms with Gasteiger partial charge >= 0.3 is 0 Å². The number of carbonyl (C=O) groups excluding carboxylic acids is 1. The zero-order valence-corrected chi connectivity index (χ0v) is 15.7. The van der Waals surface area contributed by atoms with Crippen molar-refractivity contribution in [3.05, 3.63) is 34.3 Å². The van der Waals surface area contributed by atoms with Crippen LogP contribution in [-0.4, -0.2) is 55.0 Å². The maximum atomic E-state index is 12.7. The molecule has 1 amide bonds. The van der Waals surface area contributed by atoms with Crippen molar-refractivity contribution in [2.24, 2.45) is 5.92 Å². The number of benzene rings is 1. The summed E-state index contributed by atoms with van der Waals surface area (Å²) in [5, 5.41) is 3.31. The van der Waals surface area contributed by atoms with E-state index in [2.05, 4.69) is 50.4 Å². The van der Waals surface area contributed by atoms with E-state index in [4.69, 9.17) is 0 Å². The van der Waals surface area contributed by atoms with Crippen LogP contribution in [0, 0.1) is 5.92 Å². The molecule has 1 unspecified atom stereocenters. The number of piperidine rings is 1. The molecule has 0 bridgehead atoms. The Balaban J connectivity index is 0.00000192. The van der Waals surface area contributed by atoms with E-state index in [0.717, 1.165) is 63.1 Å². The lowest BCUT2D eigenvalue weighted by molar-refractivity contribution is -0.138. The monoisotopic (exact) mass is 401 g/mol. The summed E-state index contributed by atoms with van der Waals surface area (Å²) in [7, 11) is 0. The number of piperazine rings is 1. The third-order valence-electron chi connectivity index (χ3n) is 4.58. The Labute approximate surface area is 153 Å². The van der Waals surface area contributed by atoms with Gasteiger partial charge in [-0.05, 0) is 37.1 Å². The summed E-state index contributed by atoms with van der Waals surface area (Å²) in [6.45, 7) is 6.51. The summed E-state index contributed by atoms with van der Waals surface area (Å²) in [5.41, 5.74) is 1.31. The van der Waals surface area contributed by atoms with Gasteiger partial charge in [0.2, 0.25) is 5.91 Å². The maximum absolute atomic E-state index is 12.7. The van der Waals surface area contributed by atoms with Gasteiger partial charge < -0.3 is 10.2 Å². The molecule has 128 valence electrons. The standard InChI is InChI=1S/C17H24BrN3O.ClH/c18-16-5-1-3-14(11-16)12-20-8-2-4-15(13-20)17(22)21-9-6-19-7-10-21;/h1,3,5,11,15,19H,2,4,6-10,12-13H2;1H. The Hall–Kier alpha value is -0.620. The normalized spacial score (nSPS) is 22.5. The third kappa shape index (κ3) is 5.18. The van der Waals surface area contributed by atoms with E-state index in [0.29, 0.717) is 5.91 Å². The Morgan fingerprint density at radius 3 is 2.78 bits per heavy atom. The van der Waals surface area contributed by atoms with Crippen molar-refractivity contribution in [1.82, 2.24) is 15.1 Å². The van der Waals surface area contributed by atoms with Gasteiger partial charge in [-0.2, -0.15) is 0 Å². The molecule has 2 heterocycles. The summed E-state index contributed by atoms with van der Waals surface area (Å²) in [6, 6.07) is 8.46. The van der Waals surface area contributed by atoms with E-state index < -0.39 is 0 Å². The Bertz CT molecular complexity index is 522. The molecule has 3 rings (SSSR count). The molecule has 1 N–H and O–H groups in total. The highest BCUT2D eigenvalue weighted by molar-refractivity contribution is 9.10. The van der Waals surface area contributed by atoms with Gasteiger partial charge in [0.1, 0.15) is 0 Å². The van der Waals surface area contributed by atoms with E-state index >= 15 is 0 Å². The second-order valence-electron chi connectivity index (χ2n) is 6.28. The van der Waals surface area contributed by atoms with Gasteiger partial charge in [-0.15, -0.1) is 12.4 Å². The fourth-order valence-electron chi connectivity index (χ4n) is 3.44. The number of nitrogens with zero attached hydrogens (tertiary/aromatic N) is 2. The van der Waals surface area contributed by atoms with Gasteiger partial charge in [-0.25, -0.2) is 0 Å².